The smallest absolute Gasteiger partial charge is 0.385 e. The number of aromatic nitrogens is 3. The molecule has 3 aromatic rings. The summed E-state index contributed by atoms with van der Waals surface area (Å²) in [5.41, 5.74) is 3.96. The molecule has 7 nitrogen and oxygen atoms in total. The topological polar surface area (TPSA) is 103 Å². The van der Waals surface area contributed by atoms with E-state index in [9.17, 15) is 22.8 Å². The Morgan fingerprint density at radius 1 is 1.21 bits per heavy atom. The molecule has 0 saturated carbocycles. The van der Waals surface area contributed by atoms with Crippen LogP contribution in [-0.4, -0.2) is 27.7 Å². The van der Waals surface area contributed by atoms with Crippen LogP contribution in [0.4, 0.5) is 18.9 Å². The highest BCUT2D eigenvalue weighted by molar-refractivity contribution is 6.32. The number of rotatable bonds is 3. The molecule has 0 saturated heterocycles. The van der Waals surface area contributed by atoms with E-state index in [0.29, 0.717) is 11.4 Å². The van der Waals surface area contributed by atoms with Gasteiger partial charge in [0, 0.05) is 13.2 Å². The van der Waals surface area contributed by atoms with Crippen LogP contribution in [0.1, 0.15) is 16.1 Å². The van der Waals surface area contributed by atoms with Crippen LogP contribution >= 0.6 is 11.6 Å². The highest BCUT2D eigenvalue weighted by Crippen LogP contribution is 2.30. The highest BCUT2D eigenvalue weighted by atomic mass is 35.5. The molecule has 0 unspecified atom stereocenters. The molecule has 2 heterocycles. The Hall–Kier alpha value is -3.40. The Balaban J connectivity index is 0.000000278. The van der Waals surface area contributed by atoms with E-state index in [1.807, 2.05) is 0 Å². The van der Waals surface area contributed by atoms with Crippen molar-refractivity contribution in [3.05, 3.63) is 81.5 Å². The molecule has 11 heteroatoms. The quantitative estimate of drug-likeness (QED) is 0.671. The maximum Gasteiger partial charge on any atom is 0.416 e. The number of benzene rings is 1. The van der Waals surface area contributed by atoms with Crippen molar-refractivity contribution >= 4 is 23.2 Å². The molecule has 3 rings (SSSR count). The number of carbonyl (C=O) groups excluding carboxylic acids is 1. The summed E-state index contributed by atoms with van der Waals surface area (Å²) in [7, 11) is 1.55. The minimum atomic E-state index is -4.49. The third-order valence-electron chi connectivity index (χ3n) is 3.52. The monoisotopic (exact) mass is 425 g/mol. The van der Waals surface area contributed by atoms with Gasteiger partial charge in [-0.1, -0.05) is 23.7 Å². The molecular formula is C18H15ClF3N5O2. The Labute approximate surface area is 167 Å². The van der Waals surface area contributed by atoms with Crippen LogP contribution in [0, 0.1) is 0 Å². The number of primary amides is 1. The van der Waals surface area contributed by atoms with Crippen molar-refractivity contribution in [3.63, 3.8) is 0 Å². The number of nitrogens with zero attached hydrogens (tertiary/aromatic N) is 3. The highest BCUT2D eigenvalue weighted by Gasteiger charge is 2.30. The van der Waals surface area contributed by atoms with E-state index in [1.165, 1.54) is 24.5 Å². The van der Waals surface area contributed by atoms with Gasteiger partial charge >= 0.3 is 6.18 Å². The third kappa shape index (κ3) is 5.55. The summed E-state index contributed by atoms with van der Waals surface area (Å²) < 4.78 is 38.7. The molecule has 0 bridgehead atoms. The minimum absolute atomic E-state index is 0.00521. The number of alkyl halides is 3. The van der Waals surface area contributed by atoms with E-state index in [4.69, 9.17) is 17.3 Å². The van der Waals surface area contributed by atoms with Gasteiger partial charge in [-0.3, -0.25) is 14.6 Å². The maximum atomic E-state index is 12.6. The van der Waals surface area contributed by atoms with Crippen LogP contribution < -0.4 is 16.6 Å². The zero-order valence-corrected chi connectivity index (χ0v) is 15.7. The molecule has 0 aliphatic rings. The largest absolute Gasteiger partial charge is 0.416 e. The normalized spacial score (nSPS) is 10.7. The molecule has 1 aromatic carbocycles. The summed E-state index contributed by atoms with van der Waals surface area (Å²) in [5, 5.41) is 6.32. The Kier molecular flexibility index (Phi) is 6.94. The fourth-order valence-corrected chi connectivity index (χ4v) is 2.34. The number of nitrogens with two attached hydrogens (primary N) is 1. The summed E-state index contributed by atoms with van der Waals surface area (Å²) in [6, 6.07) is 9.31. The second kappa shape index (κ2) is 9.20. The van der Waals surface area contributed by atoms with Crippen LogP contribution in [0.25, 0.3) is 5.69 Å². The number of amides is 1. The molecular weight excluding hydrogens is 411 g/mol. The van der Waals surface area contributed by atoms with Crippen LogP contribution in [0.15, 0.2) is 59.7 Å². The number of carbonyl (C=O) groups is 1. The van der Waals surface area contributed by atoms with E-state index in [1.54, 1.807) is 25.2 Å². The number of hydrogen-bond donors (Lipinski definition) is 2. The number of anilines is 1. The van der Waals surface area contributed by atoms with Crippen molar-refractivity contribution in [1.29, 1.82) is 0 Å². The Morgan fingerprint density at radius 2 is 1.93 bits per heavy atom. The van der Waals surface area contributed by atoms with Crippen molar-refractivity contribution < 1.29 is 18.0 Å². The predicted molar refractivity (Wildman–Crippen MR) is 102 cm³/mol. The minimum Gasteiger partial charge on any atom is -0.385 e. The van der Waals surface area contributed by atoms with Gasteiger partial charge in [0.15, 0.2) is 0 Å². The summed E-state index contributed by atoms with van der Waals surface area (Å²) in [5.74, 6) is -0.490. The SMILES string of the molecule is CNc1cnn(-c2cccc(C(F)(F)F)c2)c(=O)c1Cl.NC(=O)c1ccccn1. The average Bonchev–Trinajstić information content (AvgIpc) is 2.70. The maximum absolute atomic E-state index is 12.6. The summed E-state index contributed by atoms with van der Waals surface area (Å²) in [6.07, 6.45) is -1.70. The first-order valence-electron chi connectivity index (χ1n) is 7.99. The number of hydrogen-bond acceptors (Lipinski definition) is 5. The molecule has 152 valence electrons. The lowest BCUT2D eigenvalue weighted by Gasteiger charge is -2.10. The molecule has 1 amide bonds. The molecule has 0 radical (unpaired) electrons. The second-order valence-corrected chi connectivity index (χ2v) is 5.84. The van der Waals surface area contributed by atoms with Crippen molar-refractivity contribution in [3.8, 4) is 5.69 Å². The lowest BCUT2D eigenvalue weighted by molar-refractivity contribution is -0.137. The van der Waals surface area contributed by atoms with Crippen molar-refractivity contribution in [2.45, 2.75) is 6.18 Å². The van der Waals surface area contributed by atoms with E-state index in [-0.39, 0.29) is 10.7 Å². The van der Waals surface area contributed by atoms with Crippen molar-refractivity contribution in [1.82, 2.24) is 14.8 Å². The predicted octanol–water partition coefficient (Wildman–Crippen LogP) is 3.13. The van der Waals surface area contributed by atoms with Gasteiger partial charge in [-0.2, -0.15) is 23.0 Å². The Bertz CT molecular complexity index is 1060. The van der Waals surface area contributed by atoms with Gasteiger partial charge in [-0.25, -0.2) is 0 Å². The number of pyridine rings is 1. The molecule has 0 atom stereocenters. The van der Waals surface area contributed by atoms with Crippen LogP contribution in [-0.2, 0) is 6.18 Å². The van der Waals surface area contributed by atoms with Crippen molar-refractivity contribution in [2.24, 2.45) is 5.73 Å². The third-order valence-corrected chi connectivity index (χ3v) is 3.89. The fraction of sp³-hybridized carbons (Fsp3) is 0.111. The molecule has 0 spiro atoms. The van der Waals surface area contributed by atoms with Gasteiger partial charge in [-0.15, -0.1) is 0 Å². The van der Waals surface area contributed by atoms with Gasteiger partial charge in [0.1, 0.15) is 10.7 Å². The molecule has 0 aliphatic carbocycles. The summed E-state index contributed by atoms with van der Waals surface area (Å²) in [4.78, 5) is 26.0. The average molecular weight is 426 g/mol. The van der Waals surface area contributed by atoms with E-state index in [0.717, 1.165) is 16.8 Å². The van der Waals surface area contributed by atoms with Gasteiger partial charge in [0.25, 0.3) is 11.5 Å². The molecule has 29 heavy (non-hydrogen) atoms. The first kappa shape index (κ1) is 21.9. The van der Waals surface area contributed by atoms with Crippen LogP contribution in [0.2, 0.25) is 5.02 Å². The van der Waals surface area contributed by atoms with E-state index in [2.05, 4.69) is 15.4 Å². The summed E-state index contributed by atoms with van der Waals surface area (Å²) in [6.45, 7) is 0. The van der Waals surface area contributed by atoms with Gasteiger partial charge in [0.05, 0.1) is 23.1 Å². The van der Waals surface area contributed by atoms with E-state index >= 15 is 0 Å². The molecule has 2 aromatic heterocycles. The zero-order chi connectivity index (χ0) is 21.6. The van der Waals surface area contributed by atoms with Crippen LogP contribution in [0.5, 0.6) is 0 Å². The lowest BCUT2D eigenvalue weighted by Crippen LogP contribution is -2.22. The van der Waals surface area contributed by atoms with E-state index < -0.39 is 23.2 Å². The number of nitrogens with one attached hydrogen (secondary N) is 1. The standard InChI is InChI=1S/C12H9ClF3N3O.C6H6N2O/c1-17-9-6-18-19(11(20)10(9)13)8-4-2-3-7(5-8)12(14,15)16;7-6(9)5-3-1-2-4-8-5/h2-6,17H,1H3;1-4H,(H2,7,9). The number of halogens is 4. The van der Waals surface area contributed by atoms with Crippen LogP contribution in [0.3, 0.4) is 0 Å². The van der Waals surface area contributed by atoms with Gasteiger partial charge < -0.3 is 11.1 Å². The van der Waals surface area contributed by atoms with Gasteiger partial charge in [0.2, 0.25) is 0 Å². The molecule has 3 N–H and O–H groups in total. The van der Waals surface area contributed by atoms with Gasteiger partial charge in [-0.05, 0) is 30.3 Å². The molecule has 0 fully saturated rings. The lowest BCUT2D eigenvalue weighted by atomic mass is 10.2. The second-order valence-electron chi connectivity index (χ2n) is 5.47. The first-order valence-corrected chi connectivity index (χ1v) is 8.37. The first-order chi connectivity index (χ1) is 13.6. The molecule has 0 aliphatic heterocycles. The summed E-state index contributed by atoms with van der Waals surface area (Å²) >= 11 is 5.82. The zero-order valence-electron chi connectivity index (χ0n) is 14.9. The Morgan fingerprint density at radius 3 is 2.45 bits per heavy atom. The van der Waals surface area contributed by atoms with Crippen molar-refractivity contribution in [2.75, 3.05) is 12.4 Å². The fourth-order valence-electron chi connectivity index (χ4n) is 2.11.